The Morgan fingerprint density at radius 2 is 0.881 bits per heavy atom. The van der Waals surface area contributed by atoms with Crippen molar-refractivity contribution in [3.63, 3.8) is 0 Å². The number of aliphatic hydroxyl groups is 1. The topological polar surface area (TPSA) is 72.8 Å². The van der Waals surface area contributed by atoms with Crippen molar-refractivity contribution in [2.75, 3.05) is 13.2 Å². The summed E-state index contributed by atoms with van der Waals surface area (Å²) in [6.07, 6.45) is 37.2. The maximum atomic E-state index is 12.0. The van der Waals surface area contributed by atoms with Crippen molar-refractivity contribution in [1.29, 1.82) is 0 Å². The molecule has 1 atom stereocenters. The van der Waals surface area contributed by atoms with Crippen LogP contribution >= 0.6 is 0 Å². The van der Waals surface area contributed by atoms with Gasteiger partial charge in [-0.2, -0.15) is 0 Å². The number of unbranched alkanes of at least 4 members (excludes halogenated alkanes) is 23. The molecule has 0 saturated heterocycles. The van der Waals surface area contributed by atoms with E-state index in [-0.39, 0.29) is 25.2 Å². The third-order valence-corrected chi connectivity index (χ3v) is 8.06. The summed E-state index contributed by atoms with van der Waals surface area (Å²) in [6, 6.07) is 0. The first-order valence-corrected chi connectivity index (χ1v) is 18.2. The molecule has 42 heavy (non-hydrogen) atoms. The average Bonchev–Trinajstić information content (AvgIpc) is 2.99. The van der Waals surface area contributed by atoms with Crippen molar-refractivity contribution >= 4 is 11.9 Å². The van der Waals surface area contributed by atoms with Gasteiger partial charge in [-0.25, -0.2) is 0 Å². The molecule has 0 aliphatic rings. The lowest BCUT2D eigenvalue weighted by Crippen LogP contribution is -2.28. The molecule has 0 aromatic heterocycles. The normalized spacial score (nSPS) is 12.2. The van der Waals surface area contributed by atoms with Crippen molar-refractivity contribution in [2.45, 2.75) is 200 Å². The van der Waals surface area contributed by atoms with Gasteiger partial charge in [-0.05, 0) is 38.5 Å². The number of carbonyl (C=O) groups excluding carboxylic acids is 2. The number of hydrogen-bond acceptors (Lipinski definition) is 5. The number of carbonyl (C=O) groups is 2. The van der Waals surface area contributed by atoms with Gasteiger partial charge in [0.25, 0.3) is 0 Å². The highest BCUT2D eigenvalue weighted by Crippen LogP contribution is 2.14. The van der Waals surface area contributed by atoms with Crippen molar-refractivity contribution in [2.24, 2.45) is 0 Å². The molecule has 0 saturated carbocycles. The van der Waals surface area contributed by atoms with E-state index in [9.17, 15) is 14.7 Å². The maximum absolute atomic E-state index is 12.0. The molecule has 0 aliphatic heterocycles. The summed E-state index contributed by atoms with van der Waals surface area (Å²) >= 11 is 0. The molecule has 5 nitrogen and oxygen atoms in total. The first-order chi connectivity index (χ1) is 20.6. The van der Waals surface area contributed by atoms with Gasteiger partial charge in [-0.15, -0.1) is 0 Å². The van der Waals surface area contributed by atoms with Crippen molar-refractivity contribution < 1.29 is 24.2 Å². The number of aliphatic hydroxyl groups excluding tert-OH is 1. The Kier molecular flexibility index (Phi) is 33.0. The molecule has 0 unspecified atom stereocenters. The van der Waals surface area contributed by atoms with Gasteiger partial charge in [0.2, 0.25) is 0 Å². The zero-order valence-corrected chi connectivity index (χ0v) is 28.0. The monoisotopic (exact) mass is 595 g/mol. The minimum atomic E-state index is -0.762. The molecule has 0 aliphatic carbocycles. The average molecular weight is 595 g/mol. The van der Waals surface area contributed by atoms with Crippen LogP contribution < -0.4 is 0 Å². The molecule has 1 N–H and O–H groups in total. The van der Waals surface area contributed by atoms with E-state index >= 15 is 0 Å². The van der Waals surface area contributed by atoms with Crippen molar-refractivity contribution in [1.82, 2.24) is 0 Å². The SMILES string of the molecule is CCCCCCCC/C=C/CCCCCCCCCCCCCC(=O)OC[C@H](CO)OC(=O)CCCCCCCCC. The van der Waals surface area contributed by atoms with Gasteiger partial charge in [-0.1, -0.05) is 154 Å². The Hall–Kier alpha value is -1.36. The Bertz CT molecular complexity index is 603. The largest absolute Gasteiger partial charge is 0.462 e. The fourth-order valence-corrected chi connectivity index (χ4v) is 5.25. The third kappa shape index (κ3) is 31.6. The lowest BCUT2D eigenvalue weighted by molar-refractivity contribution is -0.161. The Balaban J connectivity index is 3.46. The number of esters is 2. The fraction of sp³-hybridized carbons (Fsp3) is 0.892. The van der Waals surface area contributed by atoms with E-state index in [1.54, 1.807) is 0 Å². The summed E-state index contributed by atoms with van der Waals surface area (Å²) < 4.78 is 10.5. The van der Waals surface area contributed by atoms with Gasteiger partial charge in [0, 0.05) is 12.8 Å². The first-order valence-electron chi connectivity index (χ1n) is 18.2. The molecule has 0 radical (unpaired) electrons. The summed E-state index contributed by atoms with van der Waals surface area (Å²) in [5.74, 6) is -0.592. The molecule has 0 spiro atoms. The number of allylic oxidation sites excluding steroid dienone is 2. The minimum Gasteiger partial charge on any atom is -0.462 e. The molecule has 0 amide bonds. The number of ether oxygens (including phenoxy) is 2. The predicted molar refractivity (Wildman–Crippen MR) is 178 cm³/mol. The van der Waals surface area contributed by atoms with Crippen LogP contribution in [0.3, 0.4) is 0 Å². The molecule has 0 rings (SSSR count). The van der Waals surface area contributed by atoms with Crippen LogP contribution in [0.2, 0.25) is 0 Å². The van der Waals surface area contributed by atoms with Crippen LogP contribution in [0.4, 0.5) is 0 Å². The maximum Gasteiger partial charge on any atom is 0.306 e. The second-order valence-electron chi connectivity index (χ2n) is 12.3. The molecule has 0 aromatic carbocycles. The minimum absolute atomic E-state index is 0.0615. The van der Waals surface area contributed by atoms with Gasteiger partial charge in [-0.3, -0.25) is 9.59 Å². The van der Waals surface area contributed by atoms with Gasteiger partial charge < -0.3 is 14.6 Å². The van der Waals surface area contributed by atoms with E-state index in [2.05, 4.69) is 26.0 Å². The fourth-order valence-electron chi connectivity index (χ4n) is 5.25. The van der Waals surface area contributed by atoms with E-state index < -0.39 is 6.10 Å². The number of hydrogen-bond donors (Lipinski definition) is 1. The van der Waals surface area contributed by atoms with E-state index in [1.807, 2.05) is 0 Å². The van der Waals surface area contributed by atoms with Gasteiger partial charge in [0.15, 0.2) is 6.10 Å². The summed E-state index contributed by atoms with van der Waals surface area (Å²) in [5.41, 5.74) is 0. The molecule has 0 fully saturated rings. The zero-order chi connectivity index (χ0) is 30.8. The first kappa shape index (κ1) is 40.6. The van der Waals surface area contributed by atoms with Crippen LogP contribution in [-0.2, 0) is 19.1 Å². The summed E-state index contributed by atoms with van der Waals surface area (Å²) in [7, 11) is 0. The molecule has 248 valence electrons. The standard InChI is InChI=1S/C37H70O5/c1-3-5-7-9-11-12-13-14-15-16-17-18-19-20-21-22-23-24-26-27-29-31-36(39)41-34-35(33-38)42-37(40)32-30-28-25-10-8-6-4-2/h14-15,35,38H,3-13,16-34H2,1-2H3/b15-14+/t35-/m0/s1. The van der Waals surface area contributed by atoms with Crippen LogP contribution in [-0.4, -0.2) is 36.4 Å². The highest BCUT2D eigenvalue weighted by atomic mass is 16.6. The van der Waals surface area contributed by atoms with Gasteiger partial charge in [0.05, 0.1) is 6.61 Å². The highest BCUT2D eigenvalue weighted by molar-refractivity contribution is 5.70. The highest BCUT2D eigenvalue weighted by Gasteiger charge is 2.16. The predicted octanol–water partition coefficient (Wildman–Crippen LogP) is 11.0. The lowest BCUT2D eigenvalue weighted by Gasteiger charge is -2.15. The van der Waals surface area contributed by atoms with Crippen LogP contribution in [0.1, 0.15) is 194 Å². The summed E-state index contributed by atoms with van der Waals surface area (Å²) in [5, 5.41) is 9.47. The van der Waals surface area contributed by atoms with Crippen molar-refractivity contribution in [3.8, 4) is 0 Å². The molecular formula is C37H70O5. The Labute approximate surface area is 261 Å². The third-order valence-electron chi connectivity index (χ3n) is 8.06. The van der Waals surface area contributed by atoms with Gasteiger partial charge in [0.1, 0.15) is 6.61 Å². The Morgan fingerprint density at radius 3 is 1.29 bits per heavy atom. The second-order valence-corrected chi connectivity index (χ2v) is 12.3. The van der Waals surface area contributed by atoms with Crippen molar-refractivity contribution in [3.05, 3.63) is 12.2 Å². The second kappa shape index (κ2) is 34.1. The molecular weight excluding hydrogens is 524 g/mol. The van der Waals surface area contributed by atoms with Crippen LogP contribution in [0.25, 0.3) is 0 Å². The number of rotatable bonds is 33. The van der Waals surface area contributed by atoms with Gasteiger partial charge >= 0.3 is 11.9 Å². The molecule has 0 aromatic rings. The Morgan fingerprint density at radius 1 is 0.524 bits per heavy atom. The van der Waals surface area contributed by atoms with Crippen LogP contribution in [0.15, 0.2) is 12.2 Å². The van der Waals surface area contributed by atoms with E-state index in [1.165, 1.54) is 128 Å². The zero-order valence-electron chi connectivity index (χ0n) is 28.0. The summed E-state index contributed by atoms with van der Waals surface area (Å²) in [6.45, 7) is 4.09. The molecule has 5 heteroatoms. The molecule has 0 heterocycles. The van der Waals surface area contributed by atoms with Crippen LogP contribution in [0, 0.1) is 0 Å². The lowest BCUT2D eigenvalue weighted by atomic mass is 10.0. The summed E-state index contributed by atoms with van der Waals surface area (Å²) in [4.78, 5) is 24.0. The quantitative estimate of drug-likeness (QED) is 0.0465. The van der Waals surface area contributed by atoms with E-state index in [0.29, 0.717) is 12.8 Å². The van der Waals surface area contributed by atoms with E-state index in [0.717, 1.165) is 38.5 Å². The molecule has 0 bridgehead atoms. The smallest absolute Gasteiger partial charge is 0.306 e. The van der Waals surface area contributed by atoms with E-state index in [4.69, 9.17) is 9.47 Å². The van der Waals surface area contributed by atoms with Crippen LogP contribution in [0.5, 0.6) is 0 Å².